The van der Waals surface area contributed by atoms with Crippen molar-refractivity contribution in [2.75, 3.05) is 12.3 Å². The standard InChI is InChI=1S/C13H20Cl2N2/c1-4-5-17(9(2)3)8-10-6-11(14)13(16)12(15)7-10/h6-7,9H,4-5,8,16H2,1-3H3. The number of halogens is 2. The van der Waals surface area contributed by atoms with Crippen LogP contribution < -0.4 is 5.73 Å². The van der Waals surface area contributed by atoms with E-state index in [4.69, 9.17) is 28.9 Å². The molecule has 1 aromatic rings. The summed E-state index contributed by atoms with van der Waals surface area (Å²) in [5.74, 6) is 0. The highest BCUT2D eigenvalue weighted by molar-refractivity contribution is 6.38. The Morgan fingerprint density at radius 2 is 1.76 bits per heavy atom. The molecule has 0 aliphatic rings. The first-order valence-electron chi connectivity index (χ1n) is 5.93. The topological polar surface area (TPSA) is 29.3 Å². The molecule has 0 aromatic heterocycles. The number of nitrogens with zero attached hydrogens (tertiary/aromatic N) is 1. The van der Waals surface area contributed by atoms with Crippen LogP contribution in [0.25, 0.3) is 0 Å². The highest BCUT2D eigenvalue weighted by atomic mass is 35.5. The Labute approximate surface area is 114 Å². The van der Waals surface area contributed by atoms with Gasteiger partial charge in [0.1, 0.15) is 0 Å². The van der Waals surface area contributed by atoms with Crippen LogP contribution in [0.4, 0.5) is 5.69 Å². The molecule has 2 N–H and O–H groups in total. The maximum atomic E-state index is 6.03. The number of nitrogens with two attached hydrogens (primary N) is 1. The van der Waals surface area contributed by atoms with Crippen molar-refractivity contribution in [3.8, 4) is 0 Å². The van der Waals surface area contributed by atoms with Crippen LogP contribution >= 0.6 is 23.2 Å². The lowest BCUT2D eigenvalue weighted by atomic mass is 10.1. The molecule has 0 fully saturated rings. The van der Waals surface area contributed by atoms with Crippen molar-refractivity contribution in [1.29, 1.82) is 0 Å². The molecular formula is C13H20Cl2N2. The summed E-state index contributed by atoms with van der Waals surface area (Å²) in [5, 5.41) is 1.07. The second kappa shape index (κ2) is 6.48. The Balaban J connectivity index is 2.86. The zero-order valence-corrected chi connectivity index (χ0v) is 12.1. The minimum absolute atomic E-state index is 0.462. The van der Waals surface area contributed by atoms with E-state index in [-0.39, 0.29) is 0 Å². The lowest BCUT2D eigenvalue weighted by molar-refractivity contribution is 0.213. The van der Waals surface area contributed by atoms with E-state index in [9.17, 15) is 0 Å². The van der Waals surface area contributed by atoms with E-state index in [0.717, 1.165) is 25.1 Å². The average Bonchev–Trinajstić information content (AvgIpc) is 2.25. The molecule has 4 heteroatoms. The quantitative estimate of drug-likeness (QED) is 0.816. The second-order valence-electron chi connectivity index (χ2n) is 4.54. The predicted molar refractivity (Wildman–Crippen MR) is 76.7 cm³/mol. The number of benzene rings is 1. The number of rotatable bonds is 5. The monoisotopic (exact) mass is 274 g/mol. The Bertz CT molecular complexity index is 355. The first-order chi connectivity index (χ1) is 7.95. The number of anilines is 1. The molecule has 0 aliphatic carbocycles. The fourth-order valence-electron chi connectivity index (χ4n) is 1.77. The van der Waals surface area contributed by atoms with Crippen LogP contribution in [0.1, 0.15) is 32.8 Å². The summed E-state index contributed by atoms with van der Waals surface area (Å²) >= 11 is 12.1. The van der Waals surface area contributed by atoms with Gasteiger partial charge in [-0.2, -0.15) is 0 Å². The highest BCUT2D eigenvalue weighted by Crippen LogP contribution is 2.29. The van der Waals surface area contributed by atoms with Crippen LogP contribution in [0.15, 0.2) is 12.1 Å². The molecule has 0 amide bonds. The third kappa shape index (κ3) is 4.06. The smallest absolute Gasteiger partial charge is 0.0693 e. The zero-order chi connectivity index (χ0) is 13.0. The summed E-state index contributed by atoms with van der Waals surface area (Å²) in [6.07, 6.45) is 1.13. The maximum Gasteiger partial charge on any atom is 0.0693 e. The van der Waals surface area contributed by atoms with Gasteiger partial charge in [0.15, 0.2) is 0 Å². The van der Waals surface area contributed by atoms with Gasteiger partial charge in [0.05, 0.1) is 15.7 Å². The van der Waals surface area contributed by atoms with E-state index in [1.807, 2.05) is 12.1 Å². The lowest BCUT2D eigenvalue weighted by Crippen LogP contribution is -2.31. The van der Waals surface area contributed by atoms with Crippen LogP contribution in [-0.4, -0.2) is 17.5 Å². The molecule has 17 heavy (non-hydrogen) atoms. The predicted octanol–water partition coefficient (Wildman–Crippen LogP) is 4.20. The fourth-order valence-corrected chi connectivity index (χ4v) is 2.30. The van der Waals surface area contributed by atoms with E-state index in [2.05, 4.69) is 25.7 Å². The van der Waals surface area contributed by atoms with Gasteiger partial charge in [-0.05, 0) is 44.5 Å². The summed E-state index contributed by atoms with van der Waals surface area (Å²) < 4.78 is 0. The SMILES string of the molecule is CCCN(Cc1cc(Cl)c(N)c(Cl)c1)C(C)C. The van der Waals surface area contributed by atoms with Crippen LogP contribution in [0.2, 0.25) is 10.0 Å². The van der Waals surface area contributed by atoms with E-state index in [0.29, 0.717) is 21.8 Å². The Kier molecular flexibility index (Phi) is 5.57. The van der Waals surface area contributed by atoms with Crippen molar-refractivity contribution in [3.63, 3.8) is 0 Å². The minimum Gasteiger partial charge on any atom is -0.396 e. The van der Waals surface area contributed by atoms with E-state index in [1.54, 1.807) is 0 Å². The number of nitrogen functional groups attached to an aromatic ring is 1. The molecule has 1 aromatic carbocycles. The largest absolute Gasteiger partial charge is 0.396 e. The van der Waals surface area contributed by atoms with Gasteiger partial charge < -0.3 is 5.73 Å². The molecule has 0 heterocycles. The van der Waals surface area contributed by atoms with Crippen molar-refractivity contribution in [3.05, 3.63) is 27.7 Å². The van der Waals surface area contributed by atoms with Crippen LogP contribution in [-0.2, 0) is 6.54 Å². The average molecular weight is 275 g/mol. The first kappa shape index (κ1) is 14.6. The van der Waals surface area contributed by atoms with Gasteiger partial charge in [-0.25, -0.2) is 0 Å². The Morgan fingerprint density at radius 3 is 2.18 bits per heavy atom. The second-order valence-corrected chi connectivity index (χ2v) is 5.35. The molecule has 0 aliphatic heterocycles. The van der Waals surface area contributed by atoms with Gasteiger partial charge >= 0.3 is 0 Å². The molecule has 1 rings (SSSR count). The Hall–Kier alpha value is -0.440. The molecule has 0 bridgehead atoms. The minimum atomic E-state index is 0.462. The number of hydrogen-bond acceptors (Lipinski definition) is 2. The summed E-state index contributed by atoms with van der Waals surface area (Å²) in [7, 11) is 0. The molecule has 96 valence electrons. The van der Waals surface area contributed by atoms with Crippen molar-refractivity contribution >= 4 is 28.9 Å². The van der Waals surface area contributed by atoms with E-state index < -0.39 is 0 Å². The van der Waals surface area contributed by atoms with Gasteiger partial charge in [-0.3, -0.25) is 4.90 Å². The Morgan fingerprint density at radius 1 is 1.24 bits per heavy atom. The lowest BCUT2D eigenvalue weighted by Gasteiger charge is -2.26. The van der Waals surface area contributed by atoms with E-state index >= 15 is 0 Å². The molecule has 0 saturated heterocycles. The third-order valence-corrected chi connectivity index (χ3v) is 3.39. The van der Waals surface area contributed by atoms with Gasteiger partial charge in [-0.15, -0.1) is 0 Å². The molecule has 0 atom stereocenters. The van der Waals surface area contributed by atoms with Gasteiger partial charge in [-0.1, -0.05) is 30.1 Å². The normalized spacial score (nSPS) is 11.5. The first-order valence-corrected chi connectivity index (χ1v) is 6.68. The van der Waals surface area contributed by atoms with Crippen molar-refractivity contribution < 1.29 is 0 Å². The van der Waals surface area contributed by atoms with Crippen LogP contribution in [0.5, 0.6) is 0 Å². The van der Waals surface area contributed by atoms with Crippen LogP contribution in [0.3, 0.4) is 0 Å². The van der Waals surface area contributed by atoms with Crippen molar-refractivity contribution in [2.45, 2.75) is 39.8 Å². The summed E-state index contributed by atoms with van der Waals surface area (Å²) in [5.41, 5.74) is 7.29. The summed E-state index contributed by atoms with van der Waals surface area (Å²) in [4.78, 5) is 2.39. The van der Waals surface area contributed by atoms with Gasteiger partial charge in [0.2, 0.25) is 0 Å². The highest BCUT2D eigenvalue weighted by Gasteiger charge is 2.11. The molecule has 0 unspecified atom stereocenters. The fraction of sp³-hybridized carbons (Fsp3) is 0.538. The summed E-state index contributed by atoms with van der Waals surface area (Å²) in [6.45, 7) is 8.48. The molecular weight excluding hydrogens is 255 g/mol. The summed E-state index contributed by atoms with van der Waals surface area (Å²) in [6, 6.07) is 4.30. The van der Waals surface area contributed by atoms with Gasteiger partial charge in [0, 0.05) is 12.6 Å². The van der Waals surface area contributed by atoms with Crippen molar-refractivity contribution in [2.24, 2.45) is 0 Å². The third-order valence-electron chi connectivity index (χ3n) is 2.77. The molecule has 0 radical (unpaired) electrons. The van der Waals surface area contributed by atoms with Gasteiger partial charge in [0.25, 0.3) is 0 Å². The van der Waals surface area contributed by atoms with E-state index in [1.165, 1.54) is 0 Å². The molecule has 2 nitrogen and oxygen atoms in total. The molecule has 0 saturated carbocycles. The van der Waals surface area contributed by atoms with Crippen molar-refractivity contribution in [1.82, 2.24) is 4.90 Å². The molecule has 0 spiro atoms. The van der Waals surface area contributed by atoms with Crippen LogP contribution in [0, 0.1) is 0 Å². The number of hydrogen-bond donors (Lipinski definition) is 1. The maximum absolute atomic E-state index is 6.03. The zero-order valence-electron chi connectivity index (χ0n) is 10.6.